The number of aromatic nitrogens is 2. The predicted octanol–water partition coefficient (Wildman–Crippen LogP) is 3.44. The van der Waals surface area contributed by atoms with Gasteiger partial charge < -0.3 is 5.32 Å². The summed E-state index contributed by atoms with van der Waals surface area (Å²) in [4.78, 5) is 20.4. The molecule has 5 heteroatoms. The Morgan fingerprint density at radius 2 is 2.29 bits per heavy atom. The molecule has 0 radical (unpaired) electrons. The number of pyridine rings is 1. The van der Waals surface area contributed by atoms with Crippen LogP contribution in [0.1, 0.15) is 37.6 Å². The lowest BCUT2D eigenvalue weighted by Crippen LogP contribution is -2.24. The molecule has 0 atom stereocenters. The Balaban J connectivity index is 1.77. The van der Waals surface area contributed by atoms with E-state index in [2.05, 4.69) is 22.2 Å². The average Bonchev–Trinajstić information content (AvgIpc) is 2.99. The molecule has 0 aromatic carbocycles. The van der Waals surface area contributed by atoms with Crippen LogP contribution in [-0.4, -0.2) is 22.4 Å². The molecule has 0 saturated carbocycles. The molecule has 2 aromatic heterocycles. The molecular weight excluding hydrogens is 282 g/mol. The molecule has 112 valence electrons. The molecule has 2 heterocycles. The number of carbonyl (C=O) groups excluding carboxylic acids is 1. The van der Waals surface area contributed by atoms with Crippen molar-refractivity contribution in [2.45, 2.75) is 39.0 Å². The average molecular weight is 303 g/mol. The Bertz CT molecular complexity index is 554. The topological polar surface area (TPSA) is 54.9 Å². The molecule has 4 nitrogen and oxygen atoms in total. The van der Waals surface area contributed by atoms with Crippen LogP contribution >= 0.6 is 11.3 Å². The van der Waals surface area contributed by atoms with Crippen molar-refractivity contribution in [1.29, 1.82) is 0 Å². The third kappa shape index (κ3) is 5.27. The minimum absolute atomic E-state index is 0.115. The van der Waals surface area contributed by atoms with Crippen LogP contribution in [0, 0.1) is 0 Å². The predicted molar refractivity (Wildman–Crippen MR) is 86.2 cm³/mol. The molecule has 21 heavy (non-hydrogen) atoms. The number of unbranched alkanes of at least 4 members (excludes halogenated alkanes) is 2. The van der Waals surface area contributed by atoms with Gasteiger partial charge in [0.15, 0.2) is 0 Å². The maximum absolute atomic E-state index is 11.7. The second kappa shape index (κ2) is 8.52. The van der Waals surface area contributed by atoms with E-state index >= 15 is 0 Å². The monoisotopic (exact) mass is 303 g/mol. The standard InChI is InChI=1S/C16H21N3OS/c1-2-3-4-10-18-15(20)7-8-16-19-14(12-21-16)13-6-5-9-17-11-13/h5-6,9,11-12H,2-4,7-8,10H2,1H3,(H,18,20). The van der Waals surface area contributed by atoms with E-state index < -0.39 is 0 Å². The van der Waals surface area contributed by atoms with Gasteiger partial charge in [-0.1, -0.05) is 19.8 Å². The highest BCUT2D eigenvalue weighted by Gasteiger charge is 2.07. The zero-order valence-corrected chi connectivity index (χ0v) is 13.2. The van der Waals surface area contributed by atoms with Crippen molar-refractivity contribution in [1.82, 2.24) is 15.3 Å². The molecule has 0 spiro atoms. The molecule has 0 bridgehead atoms. The second-order valence-corrected chi connectivity index (χ2v) is 5.87. The molecule has 0 saturated heterocycles. The van der Waals surface area contributed by atoms with E-state index in [4.69, 9.17) is 0 Å². The van der Waals surface area contributed by atoms with Gasteiger partial charge in [0.05, 0.1) is 10.7 Å². The van der Waals surface area contributed by atoms with Crippen LogP contribution in [-0.2, 0) is 11.2 Å². The Hall–Kier alpha value is -1.75. The number of amides is 1. The summed E-state index contributed by atoms with van der Waals surface area (Å²) >= 11 is 1.60. The van der Waals surface area contributed by atoms with Gasteiger partial charge in [0.2, 0.25) is 5.91 Å². The first-order chi connectivity index (χ1) is 10.3. The molecule has 2 aromatic rings. The summed E-state index contributed by atoms with van der Waals surface area (Å²) in [7, 11) is 0. The van der Waals surface area contributed by atoms with Gasteiger partial charge in [0.25, 0.3) is 0 Å². The van der Waals surface area contributed by atoms with Crippen LogP contribution in [0.3, 0.4) is 0 Å². The van der Waals surface area contributed by atoms with Gasteiger partial charge in [0, 0.05) is 42.7 Å². The van der Waals surface area contributed by atoms with Gasteiger partial charge >= 0.3 is 0 Å². The molecule has 0 aliphatic heterocycles. The molecule has 2 rings (SSSR count). The number of thiazole rings is 1. The molecule has 0 aliphatic carbocycles. The fraction of sp³-hybridized carbons (Fsp3) is 0.438. The first-order valence-corrected chi connectivity index (χ1v) is 8.29. The second-order valence-electron chi connectivity index (χ2n) is 4.93. The Morgan fingerprint density at radius 1 is 1.38 bits per heavy atom. The van der Waals surface area contributed by atoms with Gasteiger partial charge in [-0.3, -0.25) is 9.78 Å². The fourth-order valence-electron chi connectivity index (χ4n) is 1.98. The van der Waals surface area contributed by atoms with Crippen LogP contribution in [0.25, 0.3) is 11.3 Å². The molecule has 1 amide bonds. The minimum Gasteiger partial charge on any atom is -0.356 e. The lowest BCUT2D eigenvalue weighted by Gasteiger charge is -2.03. The van der Waals surface area contributed by atoms with E-state index in [1.807, 2.05) is 17.5 Å². The summed E-state index contributed by atoms with van der Waals surface area (Å²) in [6, 6.07) is 3.89. The normalized spacial score (nSPS) is 10.5. The largest absolute Gasteiger partial charge is 0.356 e. The highest BCUT2D eigenvalue weighted by molar-refractivity contribution is 7.09. The number of aryl methyl sites for hydroxylation is 1. The van der Waals surface area contributed by atoms with Crippen LogP contribution < -0.4 is 5.32 Å². The lowest BCUT2D eigenvalue weighted by molar-refractivity contribution is -0.121. The first-order valence-electron chi connectivity index (χ1n) is 7.41. The number of nitrogens with zero attached hydrogens (tertiary/aromatic N) is 2. The van der Waals surface area contributed by atoms with E-state index in [0.29, 0.717) is 12.8 Å². The van der Waals surface area contributed by atoms with Gasteiger partial charge in [-0.25, -0.2) is 4.98 Å². The molecule has 0 aliphatic rings. The van der Waals surface area contributed by atoms with Crippen LogP contribution in [0.5, 0.6) is 0 Å². The van der Waals surface area contributed by atoms with Crippen molar-refractivity contribution in [3.05, 3.63) is 34.9 Å². The first kappa shape index (κ1) is 15.6. The van der Waals surface area contributed by atoms with E-state index in [-0.39, 0.29) is 5.91 Å². The highest BCUT2D eigenvalue weighted by Crippen LogP contribution is 2.21. The highest BCUT2D eigenvalue weighted by atomic mass is 32.1. The quantitative estimate of drug-likeness (QED) is 0.760. The maximum atomic E-state index is 11.7. The third-order valence-electron chi connectivity index (χ3n) is 3.18. The van der Waals surface area contributed by atoms with Crippen LogP contribution in [0.4, 0.5) is 0 Å². The van der Waals surface area contributed by atoms with Crippen molar-refractivity contribution >= 4 is 17.2 Å². The lowest BCUT2D eigenvalue weighted by atomic mass is 10.2. The summed E-state index contributed by atoms with van der Waals surface area (Å²) in [5, 5.41) is 5.97. The van der Waals surface area contributed by atoms with Gasteiger partial charge in [-0.05, 0) is 18.6 Å². The SMILES string of the molecule is CCCCCNC(=O)CCc1nc(-c2cccnc2)cs1. The maximum Gasteiger partial charge on any atom is 0.220 e. The Labute approximate surface area is 129 Å². The number of nitrogens with one attached hydrogen (secondary N) is 1. The minimum atomic E-state index is 0.115. The number of carbonyl (C=O) groups is 1. The Morgan fingerprint density at radius 3 is 3.05 bits per heavy atom. The zero-order chi connectivity index (χ0) is 14.9. The van der Waals surface area contributed by atoms with Crippen molar-refractivity contribution in [2.24, 2.45) is 0 Å². The van der Waals surface area contributed by atoms with E-state index in [1.165, 1.54) is 12.8 Å². The van der Waals surface area contributed by atoms with Gasteiger partial charge in [0.1, 0.15) is 0 Å². The van der Waals surface area contributed by atoms with Crippen molar-refractivity contribution < 1.29 is 4.79 Å². The number of hydrogen-bond acceptors (Lipinski definition) is 4. The summed E-state index contributed by atoms with van der Waals surface area (Å²) in [6.45, 7) is 2.94. The molecule has 0 unspecified atom stereocenters. The van der Waals surface area contributed by atoms with E-state index in [9.17, 15) is 4.79 Å². The zero-order valence-electron chi connectivity index (χ0n) is 12.3. The summed E-state index contributed by atoms with van der Waals surface area (Å²) in [5.74, 6) is 0.115. The smallest absolute Gasteiger partial charge is 0.220 e. The fourth-order valence-corrected chi connectivity index (χ4v) is 2.79. The van der Waals surface area contributed by atoms with Crippen LogP contribution in [0.15, 0.2) is 29.9 Å². The van der Waals surface area contributed by atoms with Gasteiger partial charge in [-0.15, -0.1) is 11.3 Å². The van der Waals surface area contributed by atoms with Crippen molar-refractivity contribution in [3.8, 4) is 11.3 Å². The van der Waals surface area contributed by atoms with E-state index in [0.717, 1.165) is 29.2 Å². The molecule has 1 N–H and O–H groups in total. The summed E-state index contributed by atoms with van der Waals surface area (Å²) in [5.41, 5.74) is 1.95. The number of hydrogen-bond donors (Lipinski definition) is 1. The number of rotatable bonds is 8. The van der Waals surface area contributed by atoms with Crippen molar-refractivity contribution in [2.75, 3.05) is 6.54 Å². The van der Waals surface area contributed by atoms with Gasteiger partial charge in [-0.2, -0.15) is 0 Å². The van der Waals surface area contributed by atoms with E-state index in [1.54, 1.807) is 23.7 Å². The van der Waals surface area contributed by atoms with Crippen LogP contribution in [0.2, 0.25) is 0 Å². The summed E-state index contributed by atoms with van der Waals surface area (Å²) < 4.78 is 0. The Kier molecular flexibility index (Phi) is 6.34. The summed E-state index contributed by atoms with van der Waals surface area (Å²) in [6.07, 6.45) is 8.16. The third-order valence-corrected chi connectivity index (χ3v) is 4.09. The molecular formula is C16H21N3OS. The van der Waals surface area contributed by atoms with Crippen molar-refractivity contribution in [3.63, 3.8) is 0 Å². The molecule has 0 fully saturated rings.